The number of aromatic nitrogens is 1. The maximum atomic E-state index is 13.4. The summed E-state index contributed by atoms with van der Waals surface area (Å²) in [5, 5.41) is 5.34. The van der Waals surface area contributed by atoms with Crippen LogP contribution in [0.1, 0.15) is 22.4 Å². The van der Waals surface area contributed by atoms with Gasteiger partial charge in [-0.05, 0) is 44.0 Å². The molecule has 2 aromatic carbocycles. The number of hydrogen-bond donors (Lipinski definition) is 1. The number of carbonyl (C=O) groups excluding carboxylic acids is 2. The van der Waals surface area contributed by atoms with Gasteiger partial charge >= 0.3 is 0 Å². The quantitative estimate of drug-likeness (QED) is 0.632. The molecule has 0 spiro atoms. The van der Waals surface area contributed by atoms with Crippen molar-refractivity contribution in [1.82, 2.24) is 9.88 Å². The molecule has 2 amide bonds. The molecule has 30 heavy (non-hydrogen) atoms. The Balaban J connectivity index is 1.59. The van der Waals surface area contributed by atoms with Crippen molar-refractivity contribution >= 4 is 28.8 Å². The van der Waals surface area contributed by atoms with E-state index in [4.69, 9.17) is 0 Å². The number of aryl methyl sites for hydroxylation is 3. The summed E-state index contributed by atoms with van der Waals surface area (Å²) < 4.78 is 13.4. The lowest BCUT2D eigenvalue weighted by Gasteiger charge is -2.18. The second-order valence-electron chi connectivity index (χ2n) is 7.40. The second kappa shape index (κ2) is 9.17. The monoisotopic (exact) mass is 425 g/mol. The lowest BCUT2D eigenvalue weighted by molar-refractivity contribution is -0.132. The maximum Gasteiger partial charge on any atom is 0.243 e. The molecule has 7 heteroatoms. The summed E-state index contributed by atoms with van der Waals surface area (Å²) in [6.45, 7) is 5.86. The van der Waals surface area contributed by atoms with Gasteiger partial charge in [0, 0.05) is 23.7 Å². The van der Waals surface area contributed by atoms with Gasteiger partial charge in [-0.3, -0.25) is 9.59 Å². The van der Waals surface area contributed by atoms with Crippen molar-refractivity contribution in [1.29, 1.82) is 0 Å². The van der Waals surface area contributed by atoms with Crippen LogP contribution in [-0.4, -0.2) is 35.3 Å². The first kappa shape index (κ1) is 21.6. The molecule has 3 aromatic rings. The van der Waals surface area contributed by atoms with Gasteiger partial charge in [0.1, 0.15) is 10.8 Å². The summed E-state index contributed by atoms with van der Waals surface area (Å²) in [7, 11) is 1.59. The molecular formula is C23H24FN3O2S. The SMILES string of the molecule is Cc1cc(C)c(NC(=O)CN(C)C(=O)Cc2csc(-c3cccc(F)c3)n2)c(C)c1. The number of carbonyl (C=O) groups is 2. The Morgan fingerprint density at radius 2 is 1.83 bits per heavy atom. The van der Waals surface area contributed by atoms with Crippen molar-refractivity contribution in [2.45, 2.75) is 27.2 Å². The van der Waals surface area contributed by atoms with Gasteiger partial charge < -0.3 is 10.2 Å². The zero-order valence-corrected chi connectivity index (χ0v) is 18.3. The minimum atomic E-state index is -0.329. The Hall–Kier alpha value is -3.06. The normalized spacial score (nSPS) is 10.7. The first-order valence-electron chi connectivity index (χ1n) is 9.55. The number of rotatable bonds is 6. The molecule has 0 aliphatic carbocycles. The Labute approximate surface area is 179 Å². The van der Waals surface area contributed by atoms with Crippen LogP contribution < -0.4 is 5.32 Å². The molecule has 1 aromatic heterocycles. The van der Waals surface area contributed by atoms with Crippen molar-refractivity contribution in [2.75, 3.05) is 18.9 Å². The van der Waals surface area contributed by atoms with Gasteiger partial charge in [0.15, 0.2) is 0 Å². The Kier molecular flexibility index (Phi) is 6.62. The predicted molar refractivity (Wildman–Crippen MR) is 118 cm³/mol. The summed E-state index contributed by atoms with van der Waals surface area (Å²) >= 11 is 1.36. The average molecular weight is 426 g/mol. The molecule has 3 rings (SSSR count). The molecular weight excluding hydrogens is 401 g/mol. The molecule has 0 radical (unpaired) electrons. The van der Waals surface area contributed by atoms with Crippen molar-refractivity contribution < 1.29 is 14.0 Å². The Morgan fingerprint density at radius 1 is 1.13 bits per heavy atom. The smallest absolute Gasteiger partial charge is 0.243 e. The molecule has 0 aliphatic heterocycles. The first-order chi connectivity index (χ1) is 14.2. The van der Waals surface area contributed by atoms with Crippen LogP contribution in [0, 0.1) is 26.6 Å². The third kappa shape index (κ3) is 5.30. The van der Waals surface area contributed by atoms with E-state index >= 15 is 0 Å². The molecule has 0 fully saturated rings. The number of thiazole rings is 1. The van der Waals surface area contributed by atoms with E-state index in [0.29, 0.717) is 16.3 Å². The van der Waals surface area contributed by atoms with Gasteiger partial charge in [-0.2, -0.15) is 0 Å². The fourth-order valence-electron chi connectivity index (χ4n) is 3.29. The zero-order chi connectivity index (χ0) is 21.8. The third-order valence-corrected chi connectivity index (χ3v) is 5.64. The van der Waals surface area contributed by atoms with Gasteiger partial charge in [-0.25, -0.2) is 9.37 Å². The molecule has 1 N–H and O–H groups in total. The molecule has 5 nitrogen and oxygen atoms in total. The summed E-state index contributed by atoms with van der Waals surface area (Å²) in [5.74, 6) is -0.789. The number of nitrogens with one attached hydrogen (secondary N) is 1. The highest BCUT2D eigenvalue weighted by Crippen LogP contribution is 2.25. The molecule has 156 valence electrons. The van der Waals surface area contributed by atoms with Gasteiger partial charge in [0.25, 0.3) is 0 Å². The zero-order valence-electron chi connectivity index (χ0n) is 17.5. The molecule has 0 atom stereocenters. The van der Waals surface area contributed by atoms with Crippen LogP contribution in [0.2, 0.25) is 0 Å². The molecule has 0 aliphatic rings. The lowest BCUT2D eigenvalue weighted by Crippen LogP contribution is -2.36. The van der Waals surface area contributed by atoms with E-state index < -0.39 is 0 Å². The van der Waals surface area contributed by atoms with Crippen LogP contribution in [0.5, 0.6) is 0 Å². The van der Waals surface area contributed by atoms with Crippen LogP contribution in [0.15, 0.2) is 41.8 Å². The number of halogens is 1. The largest absolute Gasteiger partial charge is 0.336 e. The Bertz CT molecular complexity index is 1070. The fraction of sp³-hybridized carbons (Fsp3) is 0.261. The Morgan fingerprint density at radius 3 is 2.50 bits per heavy atom. The summed E-state index contributed by atoms with van der Waals surface area (Å²) in [6.07, 6.45) is 0.0815. The summed E-state index contributed by atoms with van der Waals surface area (Å²) in [6, 6.07) is 10.2. The van der Waals surface area contributed by atoms with Crippen LogP contribution in [0.4, 0.5) is 10.1 Å². The van der Waals surface area contributed by atoms with E-state index in [1.54, 1.807) is 24.6 Å². The minimum absolute atomic E-state index is 0.0491. The van der Waals surface area contributed by atoms with Crippen molar-refractivity contribution in [2.24, 2.45) is 0 Å². The minimum Gasteiger partial charge on any atom is -0.336 e. The highest BCUT2D eigenvalue weighted by molar-refractivity contribution is 7.13. The average Bonchev–Trinajstić information content (AvgIpc) is 3.13. The topological polar surface area (TPSA) is 62.3 Å². The first-order valence-corrected chi connectivity index (χ1v) is 10.4. The van der Waals surface area contributed by atoms with Crippen LogP contribution in [0.3, 0.4) is 0 Å². The molecule has 0 saturated carbocycles. The van der Waals surface area contributed by atoms with Crippen LogP contribution >= 0.6 is 11.3 Å². The van der Waals surface area contributed by atoms with Gasteiger partial charge in [0.2, 0.25) is 11.8 Å². The number of hydrogen-bond acceptors (Lipinski definition) is 4. The van der Waals surface area contributed by atoms with E-state index in [1.807, 2.05) is 32.9 Å². The van der Waals surface area contributed by atoms with Crippen LogP contribution in [-0.2, 0) is 16.0 Å². The number of anilines is 1. The van der Waals surface area contributed by atoms with Crippen molar-refractivity contribution in [3.63, 3.8) is 0 Å². The maximum absolute atomic E-state index is 13.4. The standard InChI is InChI=1S/C23H24FN3O2S/c1-14-8-15(2)22(16(3)9-14)26-20(28)12-27(4)21(29)11-19-13-30-23(25-19)17-6-5-7-18(24)10-17/h5-10,13H,11-12H2,1-4H3,(H,26,28). The second-order valence-corrected chi connectivity index (χ2v) is 8.26. The highest BCUT2D eigenvalue weighted by atomic mass is 32.1. The number of nitrogens with zero attached hydrogens (tertiary/aromatic N) is 2. The van der Waals surface area contributed by atoms with E-state index in [1.165, 1.54) is 28.4 Å². The summed E-state index contributed by atoms with van der Waals surface area (Å²) in [4.78, 5) is 30.8. The molecule has 1 heterocycles. The number of likely N-dealkylation sites (N-methyl/N-ethyl adjacent to an activating group) is 1. The summed E-state index contributed by atoms with van der Waals surface area (Å²) in [5.41, 5.74) is 5.17. The van der Waals surface area contributed by atoms with Crippen molar-refractivity contribution in [3.8, 4) is 10.6 Å². The third-order valence-electron chi connectivity index (χ3n) is 4.70. The van der Waals surface area contributed by atoms with E-state index in [2.05, 4.69) is 10.3 Å². The van der Waals surface area contributed by atoms with E-state index in [-0.39, 0.29) is 30.6 Å². The van der Waals surface area contributed by atoms with Gasteiger partial charge in [-0.1, -0.05) is 29.8 Å². The van der Waals surface area contributed by atoms with E-state index in [0.717, 1.165) is 22.4 Å². The lowest BCUT2D eigenvalue weighted by atomic mass is 10.1. The predicted octanol–water partition coefficient (Wildman–Crippen LogP) is 4.51. The molecule has 0 bridgehead atoms. The van der Waals surface area contributed by atoms with Gasteiger partial charge in [0.05, 0.1) is 18.7 Å². The molecule has 0 saturated heterocycles. The highest BCUT2D eigenvalue weighted by Gasteiger charge is 2.17. The molecule has 0 unspecified atom stereocenters. The number of amides is 2. The van der Waals surface area contributed by atoms with Gasteiger partial charge in [-0.15, -0.1) is 11.3 Å². The van der Waals surface area contributed by atoms with Crippen LogP contribution in [0.25, 0.3) is 10.6 Å². The fourth-order valence-corrected chi connectivity index (χ4v) is 4.11. The van der Waals surface area contributed by atoms with Crippen molar-refractivity contribution in [3.05, 3.63) is 70.0 Å². The van der Waals surface area contributed by atoms with E-state index in [9.17, 15) is 14.0 Å². The number of benzene rings is 2.